The average Bonchev–Trinajstić information content (AvgIpc) is 3.37. The van der Waals surface area contributed by atoms with Gasteiger partial charge in [-0.2, -0.15) is 0 Å². The highest BCUT2D eigenvalue weighted by Gasteiger charge is 2.28. The average molecular weight is 338 g/mol. The van der Waals surface area contributed by atoms with Gasteiger partial charge in [-0.3, -0.25) is 0 Å². The molecule has 0 spiro atoms. The molecule has 1 N–H and O–H groups in total. The lowest BCUT2D eigenvalue weighted by Crippen LogP contribution is -2.11. The zero-order valence-corrected chi connectivity index (χ0v) is 14.2. The van der Waals surface area contributed by atoms with Crippen molar-refractivity contribution in [2.24, 2.45) is 0 Å². The van der Waals surface area contributed by atoms with Crippen molar-refractivity contribution >= 4 is 5.82 Å². The van der Waals surface area contributed by atoms with E-state index in [1.807, 2.05) is 26.0 Å². The predicted molar refractivity (Wildman–Crippen MR) is 92.5 cm³/mol. The van der Waals surface area contributed by atoms with Crippen molar-refractivity contribution in [3.05, 3.63) is 53.4 Å². The molecular formula is C18H19FN6. The van der Waals surface area contributed by atoms with Crippen LogP contribution in [0.25, 0.3) is 11.3 Å². The molecule has 2 aromatic heterocycles. The number of rotatable bonds is 5. The topological polar surface area (TPSA) is 68.5 Å². The van der Waals surface area contributed by atoms with Crippen molar-refractivity contribution in [1.29, 1.82) is 0 Å². The fraction of sp³-hybridized carbons (Fsp3) is 0.333. The van der Waals surface area contributed by atoms with E-state index in [1.165, 1.54) is 25.0 Å². The van der Waals surface area contributed by atoms with E-state index in [2.05, 4.69) is 30.3 Å². The summed E-state index contributed by atoms with van der Waals surface area (Å²) in [6, 6.07) is 8.80. The third-order valence-corrected chi connectivity index (χ3v) is 4.37. The summed E-state index contributed by atoms with van der Waals surface area (Å²) < 4.78 is 15.6. The second kappa shape index (κ2) is 6.23. The van der Waals surface area contributed by atoms with Gasteiger partial charge in [0.15, 0.2) is 11.6 Å². The number of hydrogen-bond acceptors (Lipinski definition) is 5. The first-order valence-corrected chi connectivity index (χ1v) is 8.36. The lowest BCUT2D eigenvalue weighted by Gasteiger charge is -2.10. The first-order valence-electron chi connectivity index (χ1n) is 8.36. The second-order valence-electron chi connectivity index (χ2n) is 6.39. The molecule has 0 unspecified atom stereocenters. The van der Waals surface area contributed by atoms with Gasteiger partial charge in [0.25, 0.3) is 0 Å². The molecule has 1 saturated carbocycles. The molecule has 3 aromatic rings. The lowest BCUT2D eigenvalue weighted by atomic mass is 10.1. The zero-order valence-electron chi connectivity index (χ0n) is 14.2. The Morgan fingerprint density at radius 1 is 1.12 bits per heavy atom. The van der Waals surface area contributed by atoms with E-state index in [9.17, 15) is 4.39 Å². The van der Waals surface area contributed by atoms with Crippen LogP contribution in [0.5, 0.6) is 0 Å². The van der Waals surface area contributed by atoms with E-state index >= 15 is 0 Å². The van der Waals surface area contributed by atoms with Gasteiger partial charge in [-0.25, -0.2) is 4.39 Å². The predicted octanol–water partition coefficient (Wildman–Crippen LogP) is 3.44. The van der Waals surface area contributed by atoms with E-state index in [-0.39, 0.29) is 5.82 Å². The Kier molecular flexibility index (Phi) is 3.91. The van der Waals surface area contributed by atoms with Crippen molar-refractivity contribution in [1.82, 2.24) is 25.0 Å². The SMILES string of the molecule is Cc1cc(-c2cccc(F)c2)nnc1NCc1nnc(C)n1C1CC1. The number of aryl methyl sites for hydroxylation is 2. The molecule has 0 saturated heterocycles. The lowest BCUT2D eigenvalue weighted by molar-refractivity contribution is 0.628. The summed E-state index contributed by atoms with van der Waals surface area (Å²) in [7, 11) is 0. The molecule has 0 amide bonds. The van der Waals surface area contributed by atoms with E-state index in [0.29, 0.717) is 29.7 Å². The van der Waals surface area contributed by atoms with E-state index in [4.69, 9.17) is 0 Å². The molecule has 25 heavy (non-hydrogen) atoms. The van der Waals surface area contributed by atoms with Gasteiger partial charge < -0.3 is 9.88 Å². The molecule has 1 aliphatic carbocycles. The minimum absolute atomic E-state index is 0.283. The fourth-order valence-corrected chi connectivity index (χ4v) is 2.95. The van der Waals surface area contributed by atoms with Crippen LogP contribution in [-0.2, 0) is 6.54 Å². The van der Waals surface area contributed by atoms with Gasteiger partial charge in [-0.15, -0.1) is 20.4 Å². The number of nitrogens with zero attached hydrogens (tertiary/aromatic N) is 5. The van der Waals surface area contributed by atoms with Crippen LogP contribution in [0.15, 0.2) is 30.3 Å². The maximum Gasteiger partial charge on any atom is 0.152 e. The van der Waals surface area contributed by atoms with Gasteiger partial charge in [0.05, 0.1) is 12.2 Å². The molecule has 4 rings (SSSR count). The summed E-state index contributed by atoms with van der Waals surface area (Å²) in [5, 5.41) is 20.2. The summed E-state index contributed by atoms with van der Waals surface area (Å²) in [5.41, 5.74) is 2.31. The Morgan fingerprint density at radius 2 is 1.96 bits per heavy atom. The summed E-state index contributed by atoms with van der Waals surface area (Å²) in [6.07, 6.45) is 2.38. The van der Waals surface area contributed by atoms with Crippen LogP contribution in [0.4, 0.5) is 10.2 Å². The highest BCUT2D eigenvalue weighted by atomic mass is 19.1. The van der Waals surface area contributed by atoms with Gasteiger partial charge in [-0.1, -0.05) is 12.1 Å². The number of hydrogen-bond donors (Lipinski definition) is 1. The quantitative estimate of drug-likeness (QED) is 0.772. The standard InChI is InChI=1S/C18H19FN6/c1-11-8-16(13-4-3-5-14(19)9-13)22-24-18(11)20-10-17-23-21-12(2)25(17)15-6-7-15/h3-5,8-9,15H,6-7,10H2,1-2H3,(H,20,24). The highest BCUT2D eigenvalue weighted by molar-refractivity contribution is 5.61. The van der Waals surface area contributed by atoms with E-state index < -0.39 is 0 Å². The zero-order chi connectivity index (χ0) is 17.4. The van der Waals surface area contributed by atoms with Crippen LogP contribution < -0.4 is 5.32 Å². The Balaban J connectivity index is 1.52. The molecular weight excluding hydrogens is 319 g/mol. The summed E-state index contributed by atoms with van der Waals surface area (Å²) in [4.78, 5) is 0. The smallest absolute Gasteiger partial charge is 0.152 e. The summed E-state index contributed by atoms with van der Waals surface area (Å²) in [5.74, 6) is 2.27. The molecule has 0 radical (unpaired) electrons. The third kappa shape index (κ3) is 3.22. The molecule has 6 nitrogen and oxygen atoms in total. The normalized spacial score (nSPS) is 13.9. The van der Waals surface area contributed by atoms with E-state index in [1.54, 1.807) is 6.07 Å². The Hall–Kier alpha value is -2.83. The molecule has 1 aromatic carbocycles. The van der Waals surface area contributed by atoms with Crippen molar-refractivity contribution in [3.63, 3.8) is 0 Å². The van der Waals surface area contributed by atoms with Gasteiger partial charge in [0.1, 0.15) is 11.6 Å². The number of halogens is 1. The number of anilines is 1. The third-order valence-electron chi connectivity index (χ3n) is 4.37. The largest absolute Gasteiger partial charge is 0.361 e. The number of nitrogens with one attached hydrogen (secondary N) is 1. The minimum Gasteiger partial charge on any atom is -0.361 e. The van der Waals surface area contributed by atoms with Gasteiger partial charge in [0, 0.05) is 11.6 Å². The maximum absolute atomic E-state index is 13.4. The van der Waals surface area contributed by atoms with Gasteiger partial charge in [-0.05, 0) is 50.5 Å². The van der Waals surface area contributed by atoms with Crippen LogP contribution in [-0.4, -0.2) is 25.0 Å². The maximum atomic E-state index is 13.4. The molecule has 0 aliphatic heterocycles. The Morgan fingerprint density at radius 3 is 2.68 bits per heavy atom. The van der Waals surface area contributed by atoms with Crippen molar-refractivity contribution in [2.75, 3.05) is 5.32 Å². The summed E-state index contributed by atoms with van der Waals surface area (Å²) >= 11 is 0. The van der Waals surface area contributed by atoms with Crippen molar-refractivity contribution < 1.29 is 4.39 Å². The molecule has 1 fully saturated rings. The second-order valence-corrected chi connectivity index (χ2v) is 6.39. The molecule has 128 valence electrons. The van der Waals surface area contributed by atoms with Crippen molar-refractivity contribution in [2.45, 2.75) is 39.3 Å². The minimum atomic E-state index is -0.283. The van der Waals surface area contributed by atoms with Crippen LogP contribution in [0.2, 0.25) is 0 Å². The molecule has 0 bridgehead atoms. The van der Waals surface area contributed by atoms with Crippen LogP contribution in [0.1, 0.15) is 36.1 Å². The molecule has 1 aliphatic rings. The van der Waals surface area contributed by atoms with Crippen LogP contribution in [0, 0.1) is 19.7 Å². The van der Waals surface area contributed by atoms with Gasteiger partial charge >= 0.3 is 0 Å². The van der Waals surface area contributed by atoms with Crippen molar-refractivity contribution in [3.8, 4) is 11.3 Å². The molecule has 7 heteroatoms. The van der Waals surface area contributed by atoms with E-state index in [0.717, 1.165) is 17.2 Å². The highest BCUT2D eigenvalue weighted by Crippen LogP contribution is 2.36. The number of benzene rings is 1. The molecule has 0 atom stereocenters. The van der Waals surface area contributed by atoms with Crippen LogP contribution >= 0.6 is 0 Å². The first-order chi connectivity index (χ1) is 12.1. The Labute approximate surface area is 145 Å². The fourth-order valence-electron chi connectivity index (χ4n) is 2.95. The van der Waals surface area contributed by atoms with Crippen LogP contribution in [0.3, 0.4) is 0 Å². The number of aromatic nitrogens is 5. The molecule has 2 heterocycles. The monoisotopic (exact) mass is 338 g/mol. The Bertz CT molecular complexity index is 916. The first kappa shape index (κ1) is 15.7. The van der Waals surface area contributed by atoms with Gasteiger partial charge in [0.2, 0.25) is 0 Å². The summed E-state index contributed by atoms with van der Waals surface area (Å²) in [6.45, 7) is 4.48.